The number of phenols is 1. The Morgan fingerprint density at radius 3 is 2.54 bits per heavy atom. The third-order valence-corrected chi connectivity index (χ3v) is 5.82. The molecular formula is C14H12F5N3O3S. The summed E-state index contributed by atoms with van der Waals surface area (Å²) in [6.45, 7) is -0.581. The maximum atomic E-state index is 13.0. The molecule has 0 aliphatic carbocycles. The molecule has 2 aromatic rings. The topological polar surface area (TPSA) is 86.3 Å². The number of aromatic nitrogens is 2. The highest BCUT2D eigenvalue weighted by Crippen LogP contribution is 2.35. The highest BCUT2D eigenvalue weighted by Gasteiger charge is 2.36. The minimum Gasteiger partial charge on any atom is -0.508 e. The lowest BCUT2D eigenvalue weighted by Gasteiger charge is -2.26. The second-order valence-electron chi connectivity index (χ2n) is 5.67. The van der Waals surface area contributed by atoms with Crippen molar-refractivity contribution < 1.29 is 35.5 Å². The van der Waals surface area contributed by atoms with Gasteiger partial charge in [0, 0.05) is 30.8 Å². The van der Waals surface area contributed by atoms with Crippen molar-refractivity contribution in [3.8, 4) is 5.75 Å². The summed E-state index contributed by atoms with van der Waals surface area (Å²) in [4.78, 5) is -0.768. The highest BCUT2D eigenvalue weighted by atomic mass is 32.2. The van der Waals surface area contributed by atoms with Crippen LogP contribution >= 0.6 is 0 Å². The van der Waals surface area contributed by atoms with Gasteiger partial charge in [0.1, 0.15) is 11.4 Å². The summed E-state index contributed by atoms with van der Waals surface area (Å²) in [6, 6.07) is 1.48. The first-order valence-corrected chi connectivity index (χ1v) is 8.69. The van der Waals surface area contributed by atoms with Crippen molar-refractivity contribution in [1.82, 2.24) is 14.5 Å². The lowest BCUT2D eigenvalue weighted by atomic mass is 10.1. The lowest BCUT2D eigenvalue weighted by Crippen LogP contribution is -2.36. The first-order valence-electron chi connectivity index (χ1n) is 7.25. The van der Waals surface area contributed by atoms with Crippen LogP contribution in [0.3, 0.4) is 0 Å². The maximum Gasteiger partial charge on any atom is 0.416 e. The molecule has 2 heterocycles. The molecule has 26 heavy (non-hydrogen) atoms. The van der Waals surface area contributed by atoms with Gasteiger partial charge in [0.05, 0.1) is 10.5 Å². The van der Waals surface area contributed by atoms with Crippen LogP contribution in [0, 0.1) is 0 Å². The number of aromatic hydroxyl groups is 1. The molecule has 0 atom stereocenters. The van der Waals surface area contributed by atoms with E-state index in [1.54, 1.807) is 0 Å². The average molecular weight is 397 g/mol. The number of nitrogens with one attached hydrogen (secondary N) is 1. The SMILES string of the molecule is O=S(=O)(c1cc(O)cc(C(F)(F)F)c1)N1CCc2[nH]nc(C(F)F)c2C1. The van der Waals surface area contributed by atoms with Crippen LogP contribution in [-0.2, 0) is 29.2 Å². The van der Waals surface area contributed by atoms with Crippen LogP contribution in [0.4, 0.5) is 22.0 Å². The van der Waals surface area contributed by atoms with Gasteiger partial charge in [0.25, 0.3) is 6.43 Å². The van der Waals surface area contributed by atoms with E-state index in [-0.39, 0.29) is 18.5 Å². The fourth-order valence-corrected chi connectivity index (χ4v) is 4.20. The Bertz CT molecular complexity index is 940. The van der Waals surface area contributed by atoms with E-state index in [0.29, 0.717) is 23.9 Å². The van der Waals surface area contributed by atoms with Crippen LogP contribution in [0.1, 0.15) is 28.9 Å². The number of rotatable bonds is 3. The van der Waals surface area contributed by atoms with Gasteiger partial charge in [0.2, 0.25) is 10.0 Å². The van der Waals surface area contributed by atoms with Crippen molar-refractivity contribution in [3.05, 3.63) is 40.7 Å². The molecule has 12 heteroatoms. The molecule has 1 aromatic heterocycles. The molecule has 0 radical (unpaired) electrons. The minimum atomic E-state index is -4.86. The van der Waals surface area contributed by atoms with Crippen molar-refractivity contribution in [3.63, 3.8) is 0 Å². The molecule has 1 aliphatic rings. The number of fused-ring (bicyclic) bond motifs is 1. The van der Waals surface area contributed by atoms with Crippen molar-refractivity contribution in [2.45, 2.75) is 30.5 Å². The third-order valence-electron chi connectivity index (χ3n) is 3.99. The highest BCUT2D eigenvalue weighted by molar-refractivity contribution is 7.89. The number of H-pyrrole nitrogens is 1. The van der Waals surface area contributed by atoms with Crippen molar-refractivity contribution in [2.75, 3.05) is 6.54 Å². The normalized spacial score (nSPS) is 16.1. The molecule has 0 unspecified atom stereocenters. The summed E-state index contributed by atoms with van der Waals surface area (Å²) < 4.78 is 90.6. The van der Waals surface area contributed by atoms with E-state index < -0.39 is 51.1 Å². The molecule has 0 fully saturated rings. The van der Waals surface area contributed by atoms with Gasteiger partial charge in [-0.15, -0.1) is 0 Å². The van der Waals surface area contributed by atoms with E-state index in [9.17, 15) is 35.5 Å². The van der Waals surface area contributed by atoms with Crippen molar-refractivity contribution in [2.24, 2.45) is 0 Å². The van der Waals surface area contributed by atoms with Crippen molar-refractivity contribution in [1.29, 1.82) is 0 Å². The van der Waals surface area contributed by atoms with Crippen LogP contribution in [0.5, 0.6) is 5.75 Å². The molecule has 0 saturated carbocycles. The molecule has 142 valence electrons. The van der Waals surface area contributed by atoms with E-state index >= 15 is 0 Å². The van der Waals surface area contributed by atoms with Crippen LogP contribution in [0.2, 0.25) is 0 Å². The first-order chi connectivity index (χ1) is 12.0. The number of aromatic amines is 1. The number of benzene rings is 1. The van der Waals surface area contributed by atoms with Gasteiger partial charge in [-0.1, -0.05) is 0 Å². The summed E-state index contributed by atoms with van der Waals surface area (Å²) in [5.74, 6) is -0.868. The molecule has 3 rings (SSSR count). The van der Waals surface area contributed by atoms with Gasteiger partial charge in [-0.25, -0.2) is 17.2 Å². The van der Waals surface area contributed by atoms with Crippen LogP contribution in [-0.4, -0.2) is 34.6 Å². The largest absolute Gasteiger partial charge is 0.508 e. The molecule has 6 nitrogen and oxygen atoms in total. The van der Waals surface area contributed by atoms with Gasteiger partial charge in [0.15, 0.2) is 0 Å². The second-order valence-corrected chi connectivity index (χ2v) is 7.61. The van der Waals surface area contributed by atoms with E-state index in [4.69, 9.17) is 0 Å². The zero-order valence-corrected chi connectivity index (χ0v) is 13.7. The van der Waals surface area contributed by atoms with Gasteiger partial charge < -0.3 is 5.11 Å². The molecule has 0 saturated heterocycles. The lowest BCUT2D eigenvalue weighted by molar-refractivity contribution is -0.137. The predicted molar refractivity (Wildman–Crippen MR) is 78.0 cm³/mol. The standard InChI is InChI=1S/C14H12F5N3O3S/c15-13(16)12-10-6-22(2-1-11(10)20-21-12)26(24,25)9-4-7(14(17,18)19)3-8(23)5-9/h3-5,13,23H,1-2,6H2,(H,20,21). The Kier molecular flexibility index (Phi) is 4.43. The van der Waals surface area contributed by atoms with Crippen LogP contribution in [0.15, 0.2) is 23.1 Å². The Balaban J connectivity index is 1.99. The molecule has 1 aliphatic heterocycles. The number of alkyl halides is 5. The Morgan fingerprint density at radius 2 is 1.92 bits per heavy atom. The summed E-state index contributed by atoms with van der Waals surface area (Å²) in [7, 11) is -4.44. The number of hydrogen-bond acceptors (Lipinski definition) is 4. The number of sulfonamides is 1. The fourth-order valence-electron chi connectivity index (χ4n) is 2.72. The fraction of sp³-hybridized carbons (Fsp3) is 0.357. The van der Waals surface area contributed by atoms with Crippen molar-refractivity contribution >= 4 is 10.0 Å². The smallest absolute Gasteiger partial charge is 0.416 e. The van der Waals surface area contributed by atoms with Gasteiger partial charge in [-0.05, 0) is 18.2 Å². The zero-order valence-electron chi connectivity index (χ0n) is 12.9. The van der Waals surface area contributed by atoms with Crippen LogP contribution in [0.25, 0.3) is 0 Å². The summed E-state index contributed by atoms with van der Waals surface area (Å²) >= 11 is 0. The number of nitrogens with zero attached hydrogens (tertiary/aromatic N) is 2. The van der Waals surface area contributed by atoms with Gasteiger partial charge >= 0.3 is 6.18 Å². The molecule has 0 amide bonds. The third kappa shape index (κ3) is 3.26. The van der Waals surface area contributed by atoms with E-state index in [2.05, 4.69) is 10.2 Å². The van der Waals surface area contributed by atoms with E-state index in [1.807, 2.05) is 0 Å². The number of halogens is 5. The Labute approximate surface area is 144 Å². The van der Waals surface area contributed by atoms with Gasteiger partial charge in [-0.2, -0.15) is 22.6 Å². The van der Waals surface area contributed by atoms with Gasteiger partial charge in [-0.3, -0.25) is 5.10 Å². The van der Waals surface area contributed by atoms with E-state index in [1.165, 1.54) is 0 Å². The summed E-state index contributed by atoms with van der Waals surface area (Å²) in [5.41, 5.74) is -1.55. The molecule has 2 N–H and O–H groups in total. The molecule has 0 spiro atoms. The van der Waals surface area contributed by atoms with E-state index in [0.717, 1.165) is 4.31 Å². The number of hydrogen-bond donors (Lipinski definition) is 2. The Hall–Kier alpha value is -2.21. The monoisotopic (exact) mass is 397 g/mol. The Morgan fingerprint density at radius 1 is 1.23 bits per heavy atom. The average Bonchev–Trinajstić information content (AvgIpc) is 2.96. The summed E-state index contributed by atoms with van der Waals surface area (Å²) in [5, 5.41) is 15.3. The minimum absolute atomic E-state index is 0.00558. The van der Waals surface area contributed by atoms with Crippen LogP contribution < -0.4 is 0 Å². The number of phenolic OH excluding ortho intramolecular Hbond substituents is 1. The maximum absolute atomic E-state index is 13.0. The summed E-state index contributed by atoms with van der Waals surface area (Å²) in [6.07, 6.45) is -7.72. The molecular weight excluding hydrogens is 385 g/mol. The second kappa shape index (κ2) is 6.20. The molecule has 1 aromatic carbocycles. The molecule has 0 bridgehead atoms. The zero-order chi connectivity index (χ0) is 19.3. The predicted octanol–water partition coefficient (Wildman–Crippen LogP) is 2.82. The quantitative estimate of drug-likeness (QED) is 0.780. The first kappa shape index (κ1) is 18.6.